The van der Waals surface area contributed by atoms with Gasteiger partial charge in [-0.3, -0.25) is 4.79 Å². The number of halogens is 1. The van der Waals surface area contributed by atoms with E-state index in [9.17, 15) is 4.79 Å². The minimum absolute atomic E-state index is 0. The highest BCUT2D eigenvalue weighted by Crippen LogP contribution is 2.31. The Morgan fingerprint density at radius 2 is 2.00 bits per heavy atom. The molecule has 3 nitrogen and oxygen atoms in total. The van der Waals surface area contributed by atoms with Crippen LogP contribution in [0.3, 0.4) is 0 Å². The molecule has 1 aliphatic carbocycles. The summed E-state index contributed by atoms with van der Waals surface area (Å²) < 4.78 is 0. The molecule has 0 bridgehead atoms. The fourth-order valence-corrected chi connectivity index (χ4v) is 4.25. The van der Waals surface area contributed by atoms with Gasteiger partial charge in [0, 0.05) is 18.9 Å². The smallest absolute Gasteiger partial charge is 0.220 e. The van der Waals surface area contributed by atoms with E-state index in [4.69, 9.17) is 0 Å². The third-order valence-electron chi connectivity index (χ3n) is 5.74. The van der Waals surface area contributed by atoms with E-state index in [1.807, 2.05) is 0 Å². The number of fused-ring (bicyclic) bond motifs is 1. The standard InChI is InChI=1S/C20H30N2O.ClH/c1-15(16-9-11-21-12-10-16)13-20(23)22-14-18-7-4-6-17-5-2-3-8-19(17)18;/h2-3,5,8,15-16,18,21H,4,6-7,9-14H2,1H3,(H,22,23);1H. The number of aryl methyl sites for hydroxylation is 1. The van der Waals surface area contributed by atoms with Gasteiger partial charge >= 0.3 is 0 Å². The summed E-state index contributed by atoms with van der Waals surface area (Å²) >= 11 is 0. The number of carbonyl (C=O) groups excluding carboxylic acids is 1. The van der Waals surface area contributed by atoms with Crippen molar-refractivity contribution in [3.63, 3.8) is 0 Å². The second-order valence-electron chi connectivity index (χ2n) is 7.36. The number of piperidine rings is 1. The summed E-state index contributed by atoms with van der Waals surface area (Å²) in [5, 5.41) is 6.61. The molecule has 1 aromatic rings. The minimum atomic E-state index is 0. The molecule has 1 fully saturated rings. The number of hydrogen-bond donors (Lipinski definition) is 2. The fraction of sp³-hybridized carbons (Fsp3) is 0.650. The zero-order valence-electron chi connectivity index (χ0n) is 14.7. The molecule has 0 saturated carbocycles. The monoisotopic (exact) mass is 350 g/mol. The Morgan fingerprint density at radius 3 is 2.79 bits per heavy atom. The van der Waals surface area contributed by atoms with Gasteiger partial charge in [-0.2, -0.15) is 0 Å². The maximum atomic E-state index is 12.3. The van der Waals surface area contributed by atoms with Gasteiger partial charge in [-0.15, -0.1) is 12.4 Å². The van der Waals surface area contributed by atoms with Crippen molar-refractivity contribution in [2.75, 3.05) is 19.6 Å². The average Bonchev–Trinajstić information content (AvgIpc) is 2.60. The third kappa shape index (κ3) is 4.97. The van der Waals surface area contributed by atoms with Crippen molar-refractivity contribution in [2.24, 2.45) is 11.8 Å². The second kappa shape index (κ2) is 9.43. The van der Waals surface area contributed by atoms with Crippen LogP contribution in [0.25, 0.3) is 0 Å². The van der Waals surface area contributed by atoms with Gasteiger partial charge in [-0.25, -0.2) is 0 Å². The van der Waals surface area contributed by atoms with E-state index in [0.29, 0.717) is 24.2 Å². The molecule has 1 heterocycles. The zero-order valence-corrected chi connectivity index (χ0v) is 15.5. The van der Waals surface area contributed by atoms with Crippen LogP contribution >= 0.6 is 12.4 Å². The average molecular weight is 351 g/mol. The lowest BCUT2D eigenvalue weighted by Gasteiger charge is -2.28. The summed E-state index contributed by atoms with van der Waals surface area (Å²) in [7, 11) is 0. The van der Waals surface area contributed by atoms with Crippen molar-refractivity contribution >= 4 is 18.3 Å². The highest BCUT2D eigenvalue weighted by molar-refractivity contribution is 5.85. The Hall–Kier alpha value is -1.06. The topological polar surface area (TPSA) is 41.1 Å². The second-order valence-corrected chi connectivity index (χ2v) is 7.36. The SMILES string of the molecule is CC(CC(=O)NCC1CCCc2ccccc21)C1CCNCC1.Cl. The summed E-state index contributed by atoms with van der Waals surface area (Å²) in [4.78, 5) is 12.3. The van der Waals surface area contributed by atoms with Gasteiger partial charge in [-0.05, 0) is 68.2 Å². The van der Waals surface area contributed by atoms with E-state index in [-0.39, 0.29) is 18.3 Å². The summed E-state index contributed by atoms with van der Waals surface area (Å²) in [6.07, 6.45) is 6.73. The van der Waals surface area contributed by atoms with Crippen LogP contribution in [0.4, 0.5) is 0 Å². The summed E-state index contributed by atoms with van der Waals surface area (Å²) in [6, 6.07) is 8.73. The Kier molecular flexibility index (Phi) is 7.57. The molecule has 4 heteroatoms. The quantitative estimate of drug-likeness (QED) is 0.850. The van der Waals surface area contributed by atoms with E-state index in [1.54, 1.807) is 0 Å². The predicted molar refractivity (Wildman–Crippen MR) is 102 cm³/mol. The van der Waals surface area contributed by atoms with Crippen LogP contribution in [-0.4, -0.2) is 25.5 Å². The zero-order chi connectivity index (χ0) is 16.1. The van der Waals surface area contributed by atoms with Gasteiger partial charge in [0.1, 0.15) is 0 Å². The Bertz CT molecular complexity index is 528. The number of carbonyl (C=O) groups is 1. The number of benzene rings is 1. The van der Waals surface area contributed by atoms with Crippen LogP contribution in [-0.2, 0) is 11.2 Å². The lowest BCUT2D eigenvalue weighted by atomic mass is 9.82. The summed E-state index contributed by atoms with van der Waals surface area (Å²) in [5.74, 6) is 1.94. The molecule has 134 valence electrons. The number of amides is 1. The van der Waals surface area contributed by atoms with Crippen LogP contribution in [0.1, 0.15) is 56.1 Å². The van der Waals surface area contributed by atoms with Gasteiger partial charge in [0.05, 0.1) is 0 Å². The highest BCUT2D eigenvalue weighted by Gasteiger charge is 2.23. The number of nitrogens with one attached hydrogen (secondary N) is 2. The van der Waals surface area contributed by atoms with Crippen LogP contribution in [0.15, 0.2) is 24.3 Å². The largest absolute Gasteiger partial charge is 0.355 e. The van der Waals surface area contributed by atoms with E-state index in [1.165, 1.54) is 43.2 Å². The van der Waals surface area contributed by atoms with Crippen molar-refractivity contribution in [1.82, 2.24) is 10.6 Å². The van der Waals surface area contributed by atoms with Gasteiger partial charge in [0.2, 0.25) is 5.91 Å². The van der Waals surface area contributed by atoms with Crippen molar-refractivity contribution < 1.29 is 4.79 Å². The molecular formula is C20H31ClN2O. The molecule has 1 aromatic carbocycles. The van der Waals surface area contributed by atoms with E-state index in [0.717, 1.165) is 19.6 Å². The maximum absolute atomic E-state index is 12.3. The first-order valence-electron chi connectivity index (χ1n) is 9.29. The molecule has 0 aromatic heterocycles. The lowest BCUT2D eigenvalue weighted by Crippen LogP contribution is -2.35. The number of hydrogen-bond acceptors (Lipinski definition) is 2. The molecule has 1 saturated heterocycles. The van der Waals surface area contributed by atoms with E-state index < -0.39 is 0 Å². The molecule has 1 aliphatic heterocycles. The molecule has 2 atom stereocenters. The molecular weight excluding hydrogens is 320 g/mol. The lowest BCUT2D eigenvalue weighted by molar-refractivity contribution is -0.122. The number of rotatable bonds is 5. The molecule has 2 N–H and O–H groups in total. The van der Waals surface area contributed by atoms with Crippen molar-refractivity contribution in [2.45, 2.75) is 51.4 Å². The Labute approximate surface area is 152 Å². The van der Waals surface area contributed by atoms with Gasteiger partial charge in [0.15, 0.2) is 0 Å². The van der Waals surface area contributed by atoms with Crippen LogP contribution < -0.4 is 10.6 Å². The van der Waals surface area contributed by atoms with Crippen molar-refractivity contribution in [3.8, 4) is 0 Å². The Balaban J connectivity index is 0.00000208. The van der Waals surface area contributed by atoms with E-state index in [2.05, 4.69) is 41.8 Å². The van der Waals surface area contributed by atoms with E-state index >= 15 is 0 Å². The maximum Gasteiger partial charge on any atom is 0.220 e. The van der Waals surface area contributed by atoms with Crippen LogP contribution in [0.2, 0.25) is 0 Å². The first-order valence-corrected chi connectivity index (χ1v) is 9.29. The predicted octanol–water partition coefficient (Wildman–Crippen LogP) is 3.67. The molecule has 0 radical (unpaired) electrons. The molecule has 1 amide bonds. The van der Waals surface area contributed by atoms with Crippen molar-refractivity contribution in [1.29, 1.82) is 0 Å². The van der Waals surface area contributed by atoms with Crippen molar-refractivity contribution in [3.05, 3.63) is 35.4 Å². The van der Waals surface area contributed by atoms with Crippen LogP contribution in [0, 0.1) is 11.8 Å². The van der Waals surface area contributed by atoms with Gasteiger partial charge < -0.3 is 10.6 Å². The van der Waals surface area contributed by atoms with Gasteiger partial charge in [-0.1, -0.05) is 31.2 Å². The fourth-order valence-electron chi connectivity index (χ4n) is 4.25. The van der Waals surface area contributed by atoms with Gasteiger partial charge in [0.25, 0.3) is 0 Å². The molecule has 3 rings (SSSR count). The molecule has 24 heavy (non-hydrogen) atoms. The molecule has 2 unspecified atom stereocenters. The summed E-state index contributed by atoms with van der Waals surface area (Å²) in [5.41, 5.74) is 2.92. The highest BCUT2D eigenvalue weighted by atomic mass is 35.5. The first-order chi connectivity index (χ1) is 11.2. The summed E-state index contributed by atoms with van der Waals surface area (Å²) in [6.45, 7) is 5.26. The third-order valence-corrected chi connectivity index (χ3v) is 5.74. The molecule has 0 spiro atoms. The Morgan fingerprint density at radius 1 is 1.25 bits per heavy atom. The van der Waals surface area contributed by atoms with Crippen LogP contribution in [0.5, 0.6) is 0 Å². The normalized spacial score (nSPS) is 22.1. The molecule has 2 aliphatic rings. The minimum Gasteiger partial charge on any atom is -0.355 e. The first kappa shape index (κ1) is 19.3.